The van der Waals surface area contributed by atoms with Crippen LogP contribution in [0.25, 0.3) is 0 Å². The molecule has 2 aromatic rings. The monoisotopic (exact) mass is 311 g/mol. The van der Waals surface area contributed by atoms with E-state index in [1.807, 2.05) is 17.5 Å². The second-order valence-corrected chi connectivity index (χ2v) is 5.32. The second kappa shape index (κ2) is 7.28. The molecule has 1 aromatic heterocycles. The number of carbonyl (C=O) groups is 1. The molecule has 1 atom stereocenters. The predicted octanol–water partition coefficient (Wildman–Crippen LogP) is 3.42. The van der Waals surface area contributed by atoms with Crippen LogP contribution in [0.4, 0.5) is 8.78 Å². The third kappa shape index (κ3) is 3.86. The van der Waals surface area contributed by atoms with E-state index in [1.54, 1.807) is 6.92 Å². The zero-order valence-corrected chi connectivity index (χ0v) is 12.3. The third-order valence-corrected chi connectivity index (χ3v) is 3.75. The molecule has 0 radical (unpaired) electrons. The molecule has 1 heterocycles. The van der Waals surface area contributed by atoms with E-state index in [0.29, 0.717) is 6.54 Å². The Balaban J connectivity index is 2.22. The summed E-state index contributed by atoms with van der Waals surface area (Å²) in [7, 11) is 0. The minimum atomic E-state index is -1.04. The number of esters is 1. The highest BCUT2D eigenvalue weighted by atomic mass is 32.1. The van der Waals surface area contributed by atoms with E-state index < -0.39 is 23.6 Å². The van der Waals surface area contributed by atoms with Crippen molar-refractivity contribution in [2.75, 3.05) is 6.61 Å². The van der Waals surface area contributed by atoms with Crippen LogP contribution in [0.2, 0.25) is 0 Å². The summed E-state index contributed by atoms with van der Waals surface area (Å²) in [6.07, 6.45) is 0. The van der Waals surface area contributed by atoms with Crippen molar-refractivity contribution in [1.82, 2.24) is 5.32 Å². The molecule has 1 unspecified atom stereocenters. The van der Waals surface area contributed by atoms with Crippen LogP contribution >= 0.6 is 11.3 Å². The molecule has 0 saturated heterocycles. The molecule has 0 aliphatic heterocycles. The number of thiophene rings is 1. The van der Waals surface area contributed by atoms with Crippen LogP contribution in [0, 0.1) is 11.6 Å². The first kappa shape index (κ1) is 15.6. The van der Waals surface area contributed by atoms with Crippen LogP contribution < -0.4 is 5.32 Å². The minimum absolute atomic E-state index is 0.0509. The van der Waals surface area contributed by atoms with E-state index in [9.17, 15) is 13.6 Å². The Bertz CT molecular complexity index is 602. The molecule has 0 aliphatic rings. The lowest BCUT2D eigenvalue weighted by atomic mass is 10.1. The maximum absolute atomic E-state index is 13.9. The van der Waals surface area contributed by atoms with Crippen molar-refractivity contribution in [3.8, 4) is 0 Å². The van der Waals surface area contributed by atoms with Crippen molar-refractivity contribution in [3.05, 3.63) is 57.8 Å². The van der Waals surface area contributed by atoms with Gasteiger partial charge >= 0.3 is 5.97 Å². The highest BCUT2D eigenvalue weighted by molar-refractivity contribution is 7.09. The van der Waals surface area contributed by atoms with Gasteiger partial charge in [-0.3, -0.25) is 5.32 Å². The lowest BCUT2D eigenvalue weighted by Crippen LogP contribution is -2.30. The Morgan fingerprint density at radius 3 is 2.81 bits per heavy atom. The summed E-state index contributed by atoms with van der Waals surface area (Å²) < 4.78 is 32.2. The molecule has 0 bridgehead atoms. The molecule has 0 spiro atoms. The highest BCUT2D eigenvalue weighted by Gasteiger charge is 2.26. The Kier molecular flexibility index (Phi) is 5.41. The summed E-state index contributed by atoms with van der Waals surface area (Å²) in [5.41, 5.74) is -0.0509. The van der Waals surface area contributed by atoms with Crippen LogP contribution in [0.1, 0.15) is 23.4 Å². The first-order chi connectivity index (χ1) is 10.1. The Labute approximate surface area is 125 Å². The third-order valence-electron chi connectivity index (χ3n) is 2.88. The maximum atomic E-state index is 13.9. The zero-order valence-electron chi connectivity index (χ0n) is 11.4. The SMILES string of the molecule is CCOC(=O)C(NCc1cccs1)c1cccc(F)c1F. The van der Waals surface area contributed by atoms with Crippen molar-refractivity contribution in [3.63, 3.8) is 0 Å². The smallest absolute Gasteiger partial charge is 0.327 e. The number of nitrogens with one attached hydrogen (secondary N) is 1. The predicted molar refractivity (Wildman–Crippen MR) is 76.9 cm³/mol. The molecule has 6 heteroatoms. The molecule has 0 saturated carbocycles. The highest BCUT2D eigenvalue weighted by Crippen LogP contribution is 2.22. The molecule has 0 amide bonds. The average Bonchev–Trinajstić information content (AvgIpc) is 2.97. The average molecular weight is 311 g/mol. The number of rotatable bonds is 6. The van der Waals surface area contributed by atoms with E-state index in [-0.39, 0.29) is 12.2 Å². The fourth-order valence-corrected chi connectivity index (χ4v) is 2.56. The van der Waals surface area contributed by atoms with Crippen molar-refractivity contribution < 1.29 is 18.3 Å². The van der Waals surface area contributed by atoms with E-state index in [1.165, 1.54) is 23.5 Å². The van der Waals surface area contributed by atoms with Crippen LogP contribution in [0.5, 0.6) is 0 Å². The Morgan fingerprint density at radius 2 is 2.14 bits per heavy atom. The van der Waals surface area contributed by atoms with Gasteiger partial charge in [0, 0.05) is 17.0 Å². The van der Waals surface area contributed by atoms with E-state index in [2.05, 4.69) is 5.32 Å². The van der Waals surface area contributed by atoms with Gasteiger partial charge in [-0.2, -0.15) is 0 Å². The van der Waals surface area contributed by atoms with Gasteiger partial charge in [0.05, 0.1) is 6.61 Å². The summed E-state index contributed by atoms with van der Waals surface area (Å²) in [6.45, 7) is 2.21. The molecule has 112 valence electrons. The van der Waals surface area contributed by atoms with E-state index in [4.69, 9.17) is 4.74 Å². The molecule has 21 heavy (non-hydrogen) atoms. The summed E-state index contributed by atoms with van der Waals surface area (Å²) in [5.74, 6) is -2.65. The largest absolute Gasteiger partial charge is 0.465 e. The van der Waals surface area contributed by atoms with Gasteiger partial charge in [0.25, 0.3) is 0 Å². The normalized spacial score (nSPS) is 12.1. The van der Waals surface area contributed by atoms with E-state index in [0.717, 1.165) is 10.9 Å². The fraction of sp³-hybridized carbons (Fsp3) is 0.267. The summed E-state index contributed by atoms with van der Waals surface area (Å²) in [6, 6.07) is 6.49. The van der Waals surface area contributed by atoms with Crippen LogP contribution in [0.15, 0.2) is 35.7 Å². The molecular formula is C15H15F2NO2S. The van der Waals surface area contributed by atoms with Gasteiger partial charge in [-0.05, 0) is 24.4 Å². The standard InChI is InChI=1S/C15H15F2NO2S/c1-2-20-15(19)14(18-9-10-5-4-8-21-10)11-6-3-7-12(16)13(11)17/h3-8,14,18H,2,9H2,1H3. The summed E-state index contributed by atoms with van der Waals surface area (Å²) in [4.78, 5) is 13.0. The molecule has 1 N–H and O–H groups in total. The lowest BCUT2D eigenvalue weighted by molar-refractivity contribution is -0.146. The quantitative estimate of drug-likeness (QED) is 0.831. The minimum Gasteiger partial charge on any atom is -0.465 e. The van der Waals surface area contributed by atoms with Gasteiger partial charge in [-0.15, -0.1) is 11.3 Å². The van der Waals surface area contributed by atoms with Gasteiger partial charge in [0.2, 0.25) is 0 Å². The number of hydrogen-bond acceptors (Lipinski definition) is 4. The van der Waals surface area contributed by atoms with Crippen molar-refractivity contribution in [1.29, 1.82) is 0 Å². The van der Waals surface area contributed by atoms with Gasteiger partial charge in [0.1, 0.15) is 6.04 Å². The van der Waals surface area contributed by atoms with Crippen molar-refractivity contribution in [2.45, 2.75) is 19.5 Å². The van der Waals surface area contributed by atoms with Crippen LogP contribution in [0.3, 0.4) is 0 Å². The second-order valence-electron chi connectivity index (χ2n) is 4.29. The van der Waals surface area contributed by atoms with Gasteiger partial charge in [-0.1, -0.05) is 18.2 Å². The summed E-state index contributed by atoms with van der Waals surface area (Å²) >= 11 is 1.51. The molecule has 0 fully saturated rings. The van der Waals surface area contributed by atoms with Gasteiger partial charge in [-0.25, -0.2) is 13.6 Å². The van der Waals surface area contributed by atoms with Crippen LogP contribution in [-0.4, -0.2) is 12.6 Å². The molecule has 3 nitrogen and oxygen atoms in total. The van der Waals surface area contributed by atoms with Crippen LogP contribution in [-0.2, 0) is 16.1 Å². The number of benzene rings is 1. The topological polar surface area (TPSA) is 38.3 Å². The summed E-state index contributed by atoms with van der Waals surface area (Å²) in [5, 5.41) is 4.82. The molecule has 2 rings (SSSR count). The number of hydrogen-bond donors (Lipinski definition) is 1. The molecular weight excluding hydrogens is 296 g/mol. The van der Waals surface area contributed by atoms with E-state index >= 15 is 0 Å². The van der Waals surface area contributed by atoms with Gasteiger partial charge in [0.15, 0.2) is 11.6 Å². The number of ether oxygens (including phenoxy) is 1. The first-order valence-electron chi connectivity index (χ1n) is 6.49. The molecule has 1 aromatic carbocycles. The Morgan fingerprint density at radius 1 is 1.33 bits per heavy atom. The fourth-order valence-electron chi connectivity index (χ4n) is 1.91. The van der Waals surface area contributed by atoms with Crippen molar-refractivity contribution >= 4 is 17.3 Å². The lowest BCUT2D eigenvalue weighted by Gasteiger charge is -2.18. The zero-order chi connectivity index (χ0) is 15.2. The van der Waals surface area contributed by atoms with Crippen molar-refractivity contribution in [2.24, 2.45) is 0 Å². The number of halogens is 2. The van der Waals surface area contributed by atoms with Gasteiger partial charge < -0.3 is 4.74 Å². The number of carbonyl (C=O) groups excluding carboxylic acids is 1. The maximum Gasteiger partial charge on any atom is 0.327 e. The Hall–Kier alpha value is -1.79. The molecule has 0 aliphatic carbocycles. The first-order valence-corrected chi connectivity index (χ1v) is 7.37.